The van der Waals surface area contributed by atoms with Crippen molar-refractivity contribution < 1.29 is 9.21 Å². The third kappa shape index (κ3) is 3.60. The van der Waals surface area contributed by atoms with Crippen LogP contribution in [0.5, 0.6) is 0 Å². The molecule has 2 aromatic heterocycles. The van der Waals surface area contributed by atoms with E-state index in [-0.39, 0.29) is 12.5 Å². The number of aryl methyl sites for hydroxylation is 2. The molecule has 0 spiro atoms. The summed E-state index contributed by atoms with van der Waals surface area (Å²) in [6.45, 7) is 6.06. The first kappa shape index (κ1) is 14.6. The van der Waals surface area contributed by atoms with Crippen LogP contribution in [0.1, 0.15) is 34.6 Å². The lowest BCUT2D eigenvalue weighted by Crippen LogP contribution is -2.23. The molecule has 5 nitrogen and oxygen atoms in total. The highest BCUT2D eigenvalue weighted by Crippen LogP contribution is 2.15. The van der Waals surface area contributed by atoms with E-state index in [1.807, 2.05) is 20.8 Å². The minimum atomic E-state index is -0.154. The lowest BCUT2D eigenvalue weighted by Gasteiger charge is -2.04. The molecular formula is C14H17N3O2S. The van der Waals surface area contributed by atoms with E-state index in [0.717, 1.165) is 22.2 Å². The number of hydrogen-bond acceptors (Lipinski definition) is 5. The molecule has 0 atom stereocenters. The van der Waals surface area contributed by atoms with Crippen molar-refractivity contribution >= 4 is 17.7 Å². The summed E-state index contributed by atoms with van der Waals surface area (Å²) in [5.41, 5.74) is 1.44. The molecule has 0 radical (unpaired) electrons. The summed E-state index contributed by atoms with van der Waals surface area (Å²) in [4.78, 5) is 20.5. The fourth-order valence-corrected chi connectivity index (χ4v) is 2.29. The van der Waals surface area contributed by atoms with Gasteiger partial charge in [-0.3, -0.25) is 4.79 Å². The predicted octanol–water partition coefficient (Wildman–Crippen LogP) is 2.73. The highest BCUT2D eigenvalue weighted by Gasteiger charge is 2.10. The number of thioether (sulfide) groups is 1. The maximum absolute atomic E-state index is 12.0. The fraction of sp³-hybridized carbons (Fsp3) is 0.357. The van der Waals surface area contributed by atoms with Crippen LogP contribution < -0.4 is 5.32 Å². The van der Waals surface area contributed by atoms with Gasteiger partial charge in [-0.05, 0) is 31.7 Å². The minimum absolute atomic E-state index is 0.154. The smallest absolute Gasteiger partial charge is 0.251 e. The number of nitrogens with zero attached hydrogens (tertiary/aromatic N) is 2. The van der Waals surface area contributed by atoms with Gasteiger partial charge < -0.3 is 9.73 Å². The second kappa shape index (κ2) is 6.56. The van der Waals surface area contributed by atoms with E-state index in [2.05, 4.69) is 15.3 Å². The number of amides is 1. The molecule has 20 heavy (non-hydrogen) atoms. The Balaban J connectivity index is 1.99. The minimum Gasteiger partial charge on any atom is -0.444 e. The van der Waals surface area contributed by atoms with Crippen molar-refractivity contribution in [1.29, 1.82) is 0 Å². The molecule has 0 saturated carbocycles. The molecule has 6 heteroatoms. The Labute approximate surface area is 122 Å². The van der Waals surface area contributed by atoms with E-state index in [4.69, 9.17) is 4.42 Å². The van der Waals surface area contributed by atoms with Crippen molar-refractivity contribution in [1.82, 2.24) is 15.3 Å². The van der Waals surface area contributed by atoms with Crippen LogP contribution in [0.25, 0.3) is 0 Å². The topological polar surface area (TPSA) is 68.0 Å². The Morgan fingerprint density at radius 1 is 1.45 bits per heavy atom. The van der Waals surface area contributed by atoms with Gasteiger partial charge in [0.1, 0.15) is 5.76 Å². The van der Waals surface area contributed by atoms with Gasteiger partial charge in [0.25, 0.3) is 5.91 Å². The second-order valence-corrected chi connectivity index (χ2v) is 5.53. The van der Waals surface area contributed by atoms with Crippen molar-refractivity contribution in [3.63, 3.8) is 0 Å². The van der Waals surface area contributed by atoms with E-state index in [1.165, 1.54) is 0 Å². The number of aromatic nitrogens is 2. The largest absolute Gasteiger partial charge is 0.444 e. The number of carbonyl (C=O) groups excluding carboxylic acids is 1. The Morgan fingerprint density at radius 2 is 2.25 bits per heavy atom. The molecule has 0 aliphatic carbocycles. The normalized spacial score (nSPS) is 10.6. The summed E-state index contributed by atoms with van der Waals surface area (Å²) in [6, 6.07) is 3.48. The number of hydrogen-bond donors (Lipinski definition) is 1. The van der Waals surface area contributed by atoms with Crippen molar-refractivity contribution in [3.8, 4) is 0 Å². The maximum atomic E-state index is 12.0. The monoisotopic (exact) mass is 291 g/mol. The van der Waals surface area contributed by atoms with Crippen molar-refractivity contribution in [3.05, 3.63) is 41.2 Å². The van der Waals surface area contributed by atoms with E-state index in [0.29, 0.717) is 11.5 Å². The molecule has 0 bridgehead atoms. The number of nitrogens with one attached hydrogen (secondary N) is 1. The molecule has 0 aliphatic rings. The van der Waals surface area contributed by atoms with E-state index >= 15 is 0 Å². The predicted molar refractivity (Wildman–Crippen MR) is 77.8 cm³/mol. The zero-order chi connectivity index (χ0) is 14.5. The number of rotatable bonds is 5. The zero-order valence-corrected chi connectivity index (χ0v) is 12.6. The molecule has 2 rings (SSSR count). The SMILES string of the molecule is CCSc1cc(C(=O)NCc2nc(C)c(C)o2)ccn1. The molecule has 0 saturated heterocycles. The first-order valence-electron chi connectivity index (χ1n) is 6.40. The molecule has 1 N–H and O–H groups in total. The Hall–Kier alpha value is -1.82. The summed E-state index contributed by atoms with van der Waals surface area (Å²) >= 11 is 1.60. The second-order valence-electron chi connectivity index (χ2n) is 4.25. The Bertz CT molecular complexity index is 591. The highest BCUT2D eigenvalue weighted by atomic mass is 32.2. The van der Waals surface area contributed by atoms with Crippen LogP contribution >= 0.6 is 11.8 Å². The molecule has 2 aromatic rings. The first-order valence-corrected chi connectivity index (χ1v) is 7.38. The Morgan fingerprint density at radius 3 is 2.90 bits per heavy atom. The van der Waals surface area contributed by atoms with Gasteiger partial charge in [-0.1, -0.05) is 6.92 Å². The average molecular weight is 291 g/mol. The molecule has 2 heterocycles. The van der Waals surface area contributed by atoms with Gasteiger partial charge in [-0.25, -0.2) is 9.97 Å². The molecule has 0 unspecified atom stereocenters. The molecule has 1 amide bonds. The summed E-state index contributed by atoms with van der Waals surface area (Å²) in [6.07, 6.45) is 1.65. The number of pyridine rings is 1. The van der Waals surface area contributed by atoms with Crippen LogP contribution in [0.3, 0.4) is 0 Å². The van der Waals surface area contributed by atoms with Crippen LogP contribution in [0.15, 0.2) is 27.8 Å². The quantitative estimate of drug-likeness (QED) is 0.858. The number of carbonyl (C=O) groups is 1. The summed E-state index contributed by atoms with van der Waals surface area (Å²) < 4.78 is 5.42. The third-order valence-corrected chi connectivity index (χ3v) is 3.57. The zero-order valence-electron chi connectivity index (χ0n) is 11.8. The fourth-order valence-electron chi connectivity index (χ4n) is 1.65. The van der Waals surface area contributed by atoms with Gasteiger partial charge >= 0.3 is 0 Å². The molecular weight excluding hydrogens is 274 g/mol. The maximum Gasteiger partial charge on any atom is 0.251 e. The summed E-state index contributed by atoms with van der Waals surface area (Å²) in [5, 5.41) is 3.64. The van der Waals surface area contributed by atoms with Gasteiger partial charge in [0, 0.05) is 11.8 Å². The summed E-state index contributed by atoms with van der Waals surface area (Å²) in [5.74, 6) is 2.07. The van der Waals surface area contributed by atoms with E-state index in [1.54, 1.807) is 30.1 Å². The third-order valence-electron chi connectivity index (χ3n) is 2.76. The van der Waals surface area contributed by atoms with Gasteiger partial charge in [0.15, 0.2) is 0 Å². The molecule has 0 aliphatic heterocycles. The van der Waals surface area contributed by atoms with E-state index in [9.17, 15) is 4.79 Å². The van der Waals surface area contributed by atoms with Crippen LogP contribution in [-0.2, 0) is 6.54 Å². The Kier molecular flexibility index (Phi) is 4.79. The van der Waals surface area contributed by atoms with Gasteiger partial charge in [-0.2, -0.15) is 0 Å². The molecule has 106 valence electrons. The van der Waals surface area contributed by atoms with Crippen LogP contribution in [-0.4, -0.2) is 21.6 Å². The van der Waals surface area contributed by atoms with Gasteiger partial charge in [-0.15, -0.1) is 11.8 Å². The molecule has 0 aromatic carbocycles. The van der Waals surface area contributed by atoms with E-state index < -0.39 is 0 Å². The van der Waals surface area contributed by atoms with Crippen LogP contribution in [0.4, 0.5) is 0 Å². The number of oxazole rings is 1. The first-order chi connectivity index (χ1) is 9.60. The van der Waals surface area contributed by atoms with Gasteiger partial charge in [0.2, 0.25) is 5.89 Å². The van der Waals surface area contributed by atoms with Crippen molar-refractivity contribution in [2.75, 3.05) is 5.75 Å². The lowest BCUT2D eigenvalue weighted by molar-refractivity contribution is 0.0946. The average Bonchev–Trinajstić information content (AvgIpc) is 2.76. The standard InChI is InChI=1S/C14H17N3O2S/c1-4-20-13-7-11(5-6-15-13)14(18)16-8-12-17-9(2)10(3)19-12/h5-7H,4,8H2,1-3H3,(H,16,18). The van der Waals surface area contributed by atoms with Crippen LogP contribution in [0.2, 0.25) is 0 Å². The lowest BCUT2D eigenvalue weighted by atomic mass is 10.2. The summed E-state index contributed by atoms with van der Waals surface area (Å²) in [7, 11) is 0. The van der Waals surface area contributed by atoms with Crippen LogP contribution in [0, 0.1) is 13.8 Å². The van der Waals surface area contributed by atoms with Crippen molar-refractivity contribution in [2.24, 2.45) is 0 Å². The van der Waals surface area contributed by atoms with Crippen molar-refractivity contribution in [2.45, 2.75) is 32.3 Å². The highest BCUT2D eigenvalue weighted by molar-refractivity contribution is 7.99. The molecule has 0 fully saturated rings. The van der Waals surface area contributed by atoms with Gasteiger partial charge in [0.05, 0.1) is 17.3 Å².